The monoisotopic (exact) mass is 232 g/mol. The number of hydrogen-bond acceptors (Lipinski definition) is 2. The summed E-state index contributed by atoms with van der Waals surface area (Å²) >= 11 is 0. The third kappa shape index (κ3) is 2.36. The van der Waals surface area contributed by atoms with Crippen LogP contribution in [0.25, 0.3) is 0 Å². The van der Waals surface area contributed by atoms with Gasteiger partial charge in [-0.3, -0.25) is 4.79 Å². The molecule has 0 fully saturated rings. The molecule has 0 aromatic heterocycles. The van der Waals surface area contributed by atoms with Crippen LogP contribution < -0.4 is 4.74 Å². The lowest BCUT2D eigenvalue weighted by Gasteiger charge is -2.23. The Kier molecular flexibility index (Phi) is 3.23. The van der Waals surface area contributed by atoms with Crippen molar-refractivity contribution >= 4 is 5.78 Å². The first-order valence-corrected chi connectivity index (χ1v) is 6.35. The molecule has 17 heavy (non-hydrogen) atoms. The maximum absolute atomic E-state index is 12.3. The Morgan fingerprint density at radius 1 is 1.41 bits per heavy atom. The van der Waals surface area contributed by atoms with Gasteiger partial charge in [0.05, 0.1) is 6.61 Å². The predicted molar refractivity (Wildman–Crippen MR) is 68.7 cm³/mol. The van der Waals surface area contributed by atoms with Crippen molar-refractivity contribution in [1.82, 2.24) is 0 Å². The van der Waals surface area contributed by atoms with Crippen LogP contribution in [0.5, 0.6) is 5.75 Å². The fourth-order valence-electron chi connectivity index (χ4n) is 2.05. The van der Waals surface area contributed by atoms with Crippen LogP contribution >= 0.6 is 0 Å². The molecule has 1 aliphatic rings. The average molecular weight is 232 g/mol. The Hall–Kier alpha value is -1.31. The number of fused-ring (bicyclic) bond motifs is 1. The number of carbonyl (C=O) groups excluding carboxylic acids is 1. The van der Waals surface area contributed by atoms with Crippen LogP contribution in [0.15, 0.2) is 18.2 Å². The van der Waals surface area contributed by atoms with E-state index in [2.05, 4.69) is 6.92 Å². The molecule has 0 aliphatic carbocycles. The van der Waals surface area contributed by atoms with Gasteiger partial charge in [-0.05, 0) is 43.0 Å². The molecular weight excluding hydrogens is 212 g/mol. The van der Waals surface area contributed by atoms with Crippen LogP contribution in [-0.2, 0) is 6.42 Å². The number of ketones is 1. The van der Waals surface area contributed by atoms with Crippen LogP contribution in [0.4, 0.5) is 0 Å². The molecule has 0 radical (unpaired) electrons. The standard InChI is InChI=1S/C15H20O2/c1-4-15(2,3)14(16)12-7-8-13-11(10-12)6-5-9-17-13/h7-8,10H,4-6,9H2,1-3H3. The zero-order chi connectivity index (χ0) is 12.5. The normalized spacial score (nSPS) is 15.0. The van der Waals surface area contributed by atoms with E-state index in [1.54, 1.807) is 0 Å². The largest absolute Gasteiger partial charge is 0.493 e. The summed E-state index contributed by atoms with van der Waals surface area (Å²) in [5.41, 5.74) is 1.72. The predicted octanol–water partition coefficient (Wildman–Crippen LogP) is 3.63. The second kappa shape index (κ2) is 4.52. The second-order valence-corrected chi connectivity index (χ2v) is 5.34. The molecule has 0 amide bonds. The molecule has 1 heterocycles. The van der Waals surface area contributed by atoms with E-state index in [0.717, 1.165) is 37.2 Å². The van der Waals surface area contributed by atoms with Gasteiger partial charge in [-0.25, -0.2) is 0 Å². The van der Waals surface area contributed by atoms with Gasteiger partial charge >= 0.3 is 0 Å². The molecule has 1 aromatic rings. The summed E-state index contributed by atoms with van der Waals surface area (Å²) in [6.45, 7) is 6.86. The molecule has 1 aromatic carbocycles. The zero-order valence-corrected chi connectivity index (χ0v) is 10.9. The summed E-state index contributed by atoms with van der Waals surface area (Å²) in [7, 11) is 0. The third-order valence-corrected chi connectivity index (χ3v) is 3.67. The van der Waals surface area contributed by atoms with Gasteiger partial charge in [-0.1, -0.05) is 20.8 Å². The van der Waals surface area contributed by atoms with Gasteiger partial charge in [-0.2, -0.15) is 0 Å². The molecule has 92 valence electrons. The van der Waals surface area contributed by atoms with Gasteiger partial charge in [0.1, 0.15) is 5.75 Å². The Labute approximate surface area is 103 Å². The van der Waals surface area contributed by atoms with Crippen molar-refractivity contribution in [3.8, 4) is 5.75 Å². The maximum atomic E-state index is 12.3. The lowest BCUT2D eigenvalue weighted by atomic mass is 9.81. The summed E-state index contributed by atoms with van der Waals surface area (Å²) in [6, 6.07) is 5.84. The highest BCUT2D eigenvalue weighted by molar-refractivity contribution is 6.00. The number of rotatable bonds is 3. The van der Waals surface area contributed by atoms with E-state index in [-0.39, 0.29) is 11.2 Å². The van der Waals surface area contributed by atoms with Crippen LogP contribution in [0.1, 0.15) is 49.5 Å². The fourth-order valence-corrected chi connectivity index (χ4v) is 2.05. The Morgan fingerprint density at radius 3 is 2.88 bits per heavy atom. The summed E-state index contributed by atoms with van der Waals surface area (Å²) in [5.74, 6) is 1.18. The Bertz CT molecular complexity index is 433. The first-order valence-electron chi connectivity index (χ1n) is 6.35. The van der Waals surface area contributed by atoms with Crippen molar-refractivity contribution in [1.29, 1.82) is 0 Å². The van der Waals surface area contributed by atoms with Gasteiger partial charge in [0.2, 0.25) is 0 Å². The number of aryl methyl sites for hydroxylation is 1. The molecule has 0 spiro atoms. The van der Waals surface area contributed by atoms with Crippen LogP contribution in [-0.4, -0.2) is 12.4 Å². The molecule has 2 nitrogen and oxygen atoms in total. The van der Waals surface area contributed by atoms with E-state index in [1.165, 1.54) is 5.56 Å². The molecule has 0 saturated carbocycles. The number of Topliss-reactive ketones (excluding diaryl/α,β-unsaturated/α-hetero) is 1. The van der Waals surface area contributed by atoms with Crippen LogP contribution in [0, 0.1) is 5.41 Å². The van der Waals surface area contributed by atoms with E-state index in [0.29, 0.717) is 0 Å². The molecular formula is C15H20O2. The van der Waals surface area contributed by atoms with E-state index in [1.807, 2.05) is 32.0 Å². The average Bonchev–Trinajstić information content (AvgIpc) is 2.37. The summed E-state index contributed by atoms with van der Waals surface area (Å²) in [4.78, 5) is 12.3. The minimum atomic E-state index is -0.274. The Balaban J connectivity index is 2.31. The first kappa shape index (κ1) is 12.2. The van der Waals surface area contributed by atoms with Gasteiger partial charge < -0.3 is 4.74 Å². The van der Waals surface area contributed by atoms with Crippen molar-refractivity contribution in [2.45, 2.75) is 40.0 Å². The zero-order valence-electron chi connectivity index (χ0n) is 10.9. The van der Waals surface area contributed by atoms with Gasteiger partial charge in [-0.15, -0.1) is 0 Å². The van der Waals surface area contributed by atoms with E-state index in [4.69, 9.17) is 4.74 Å². The number of ether oxygens (including phenoxy) is 1. The number of benzene rings is 1. The topological polar surface area (TPSA) is 26.3 Å². The summed E-state index contributed by atoms with van der Waals surface area (Å²) < 4.78 is 5.56. The van der Waals surface area contributed by atoms with Gasteiger partial charge in [0.15, 0.2) is 5.78 Å². The molecule has 0 unspecified atom stereocenters. The molecule has 0 bridgehead atoms. The van der Waals surface area contributed by atoms with Crippen molar-refractivity contribution in [3.05, 3.63) is 29.3 Å². The van der Waals surface area contributed by atoms with E-state index < -0.39 is 0 Å². The molecule has 0 atom stereocenters. The van der Waals surface area contributed by atoms with Crippen molar-refractivity contribution in [2.75, 3.05) is 6.61 Å². The molecule has 2 heteroatoms. The van der Waals surface area contributed by atoms with Crippen molar-refractivity contribution < 1.29 is 9.53 Å². The van der Waals surface area contributed by atoms with Gasteiger partial charge in [0.25, 0.3) is 0 Å². The smallest absolute Gasteiger partial charge is 0.168 e. The van der Waals surface area contributed by atoms with E-state index in [9.17, 15) is 4.79 Å². The lowest BCUT2D eigenvalue weighted by Crippen LogP contribution is -2.23. The highest BCUT2D eigenvalue weighted by Gasteiger charge is 2.27. The molecule has 2 rings (SSSR count). The van der Waals surface area contributed by atoms with Crippen molar-refractivity contribution in [3.63, 3.8) is 0 Å². The number of carbonyl (C=O) groups is 1. The highest BCUT2D eigenvalue weighted by atomic mass is 16.5. The lowest BCUT2D eigenvalue weighted by molar-refractivity contribution is 0.0833. The SMILES string of the molecule is CCC(C)(C)C(=O)c1ccc2c(c1)CCCO2. The van der Waals surface area contributed by atoms with E-state index >= 15 is 0 Å². The fraction of sp³-hybridized carbons (Fsp3) is 0.533. The third-order valence-electron chi connectivity index (χ3n) is 3.67. The molecule has 0 saturated heterocycles. The first-order chi connectivity index (χ1) is 8.04. The number of hydrogen-bond donors (Lipinski definition) is 0. The molecule has 1 aliphatic heterocycles. The second-order valence-electron chi connectivity index (χ2n) is 5.34. The maximum Gasteiger partial charge on any atom is 0.168 e. The van der Waals surface area contributed by atoms with Gasteiger partial charge in [0, 0.05) is 11.0 Å². The molecule has 0 N–H and O–H groups in total. The minimum absolute atomic E-state index is 0.230. The quantitative estimate of drug-likeness (QED) is 0.744. The highest BCUT2D eigenvalue weighted by Crippen LogP contribution is 2.30. The van der Waals surface area contributed by atoms with Crippen LogP contribution in [0.2, 0.25) is 0 Å². The summed E-state index contributed by atoms with van der Waals surface area (Å²) in [5, 5.41) is 0. The summed E-state index contributed by atoms with van der Waals surface area (Å²) in [6.07, 6.45) is 2.92. The van der Waals surface area contributed by atoms with Crippen molar-refractivity contribution in [2.24, 2.45) is 5.41 Å². The Morgan fingerprint density at radius 2 is 2.18 bits per heavy atom. The minimum Gasteiger partial charge on any atom is -0.493 e. The van der Waals surface area contributed by atoms with Crippen LogP contribution in [0.3, 0.4) is 0 Å².